The summed E-state index contributed by atoms with van der Waals surface area (Å²) in [6.07, 6.45) is 7.04. The molecule has 2 heterocycles. The lowest BCUT2D eigenvalue weighted by Gasteiger charge is -1.97. The predicted octanol–water partition coefficient (Wildman–Crippen LogP) is 2.98. The van der Waals surface area contributed by atoms with Crippen LogP contribution in [0.4, 0.5) is 0 Å². The molecule has 0 amide bonds. The molecule has 0 aliphatic rings. The number of nitrogens with zero attached hydrogens (tertiary/aromatic N) is 4. The van der Waals surface area contributed by atoms with Gasteiger partial charge in [0.15, 0.2) is 0 Å². The molecule has 3 rings (SSSR count). The van der Waals surface area contributed by atoms with Gasteiger partial charge in [-0.25, -0.2) is 14.6 Å². The summed E-state index contributed by atoms with van der Waals surface area (Å²) in [7, 11) is 0. The highest BCUT2D eigenvalue weighted by molar-refractivity contribution is 6.30. The maximum atomic E-state index is 5.86. The molecule has 0 spiro atoms. The number of aromatic nitrogens is 4. The van der Waals surface area contributed by atoms with E-state index in [1.165, 1.54) is 0 Å². The molecule has 0 N–H and O–H groups in total. The summed E-state index contributed by atoms with van der Waals surface area (Å²) in [6.45, 7) is 0. The summed E-state index contributed by atoms with van der Waals surface area (Å²) in [5, 5.41) is 4.96. The summed E-state index contributed by atoms with van der Waals surface area (Å²) < 4.78 is 1.64. The largest absolute Gasteiger partial charge is 0.250 e. The molecule has 0 radical (unpaired) electrons. The van der Waals surface area contributed by atoms with E-state index < -0.39 is 0 Å². The van der Waals surface area contributed by atoms with Crippen LogP contribution in [0.5, 0.6) is 0 Å². The zero-order chi connectivity index (χ0) is 12.4. The van der Waals surface area contributed by atoms with Crippen LogP contribution in [-0.4, -0.2) is 19.7 Å². The Kier molecular flexibility index (Phi) is 2.78. The van der Waals surface area contributed by atoms with E-state index in [1.807, 2.05) is 30.5 Å². The van der Waals surface area contributed by atoms with Crippen molar-refractivity contribution in [2.45, 2.75) is 0 Å². The minimum absolute atomic E-state index is 0.553. The molecule has 88 valence electrons. The van der Waals surface area contributed by atoms with Crippen LogP contribution in [0, 0.1) is 0 Å². The lowest BCUT2D eigenvalue weighted by molar-refractivity contribution is 0.808. The second kappa shape index (κ2) is 4.58. The molecule has 1 aromatic carbocycles. The lowest BCUT2D eigenvalue weighted by atomic mass is 10.1. The van der Waals surface area contributed by atoms with Gasteiger partial charge in [0.1, 0.15) is 0 Å². The Bertz CT molecular complexity index is 646. The fraction of sp³-hybridized carbons (Fsp3) is 0. The molecule has 0 saturated heterocycles. The molecule has 2 aromatic heterocycles. The van der Waals surface area contributed by atoms with E-state index >= 15 is 0 Å². The Morgan fingerprint density at radius 3 is 2.39 bits per heavy atom. The van der Waals surface area contributed by atoms with Gasteiger partial charge in [0.25, 0.3) is 0 Å². The zero-order valence-corrected chi connectivity index (χ0v) is 10.1. The third-order valence-electron chi connectivity index (χ3n) is 2.52. The van der Waals surface area contributed by atoms with Gasteiger partial charge in [-0.1, -0.05) is 23.7 Å². The second-order valence-corrected chi connectivity index (χ2v) is 4.17. The van der Waals surface area contributed by atoms with Crippen molar-refractivity contribution in [3.05, 3.63) is 60.1 Å². The first kappa shape index (κ1) is 10.9. The molecule has 4 nitrogen and oxygen atoms in total. The molecule has 0 bridgehead atoms. The fourth-order valence-corrected chi connectivity index (χ4v) is 1.76. The molecule has 0 aliphatic carbocycles. The molecule has 0 atom stereocenters. The summed E-state index contributed by atoms with van der Waals surface area (Å²) in [5.74, 6) is 0.553. The average Bonchev–Trinajstić information content (AvgIpc) is 2.90. The minimum atomic E-state index is 0.553. The number of rotatable bonds is 2. The van der Waals surface area contributed by atoms with Crippen LogP contribution < -0.4 is 0 Å². The molecule has 0 fully saturated rings. The molecule has 0 saturated carbocycles. The Hall–Kier alpha value is -2.20. The maximum Gasteiger partial charge on any atom is 0.250 e. The van der Waals surface area contributed by atoms with E-state index in [2.05, 4.69) is 15.1 Å². The lowest BCUT2D eigenvalue weighted by Crippen LogP contribution is -1.99. The number of hydrogen-bond donors (Lipinski definition) is 0. The zero-order valence-electron chi connectivity index (χ0n) is 9.36. The predicted molar refractivity (Wildman–Crippen MR) is 69.6 cm³/mol. The summed E-state index contributed by atoms with van der Waals surface area (Å²) in [5.41, 5.74) is 2.06. The van der Waals surface area contributed by atoms with Gasteiger partial charge in [-0.15, -0.1) is 0 Å². The van der Waals surface area contributed by atoms with Crippen LogP contribution in [0.3, 0.4) is 0 Å². The summed E-state index contributed by atoms with van der Waals surface area (Å²) >= 11 is 5.86. The van der Waals surface area contributed by atoms with Gasteiger partial charge >= 0.3 is 0 Å². The van der Waals surface area contributed by atoms with Gasteiger partial charge in [-0.2, -0.15) is 5.10 Å². The van der Waals surface area contributed by atoms with Crippen molar-refractivity contribution < 1.29 is 0 Å². The van der Waals surface area contributed by atoms with Gasteiger partial charge in [0.2, 0.25) is 5.95 Å². The van der Waals surface area contributed by atoms with Gasteiger partial charge in [-0.05, 0) is 23.8 Å². The standard InChI is InChI=1S/C13H9ClN4/c14-12-4-2-10(3-5-12)11-8-17-18(9-11)13-15-6-1-7-16-13/h1-9H. The van der Waals surface area contributed by atoms with Gasteiger partial charge in [0.05, 0.1) is 6.20 Å². The second-order valence-electron chi connectivity index (χ2n) is 3.73. The van der Waals surface area contributed by atoms with E-state index in [1.54, 1.807) is 29.3 Å². The summed E-state index contributed by atoms with van der Waals surface area (Å²) in [4.78, 5) is 8.28. The number of halogens is 1. The van der Waals surface area contributed by atoms with Crippen molar-refractivity contribution in [3.63, 3.8) is 0 Å². The smallest absolute Gasteiger partial charge is 0.220 e. The van der Waals surface area contributed by atoms with Crippen LogP contribution in [0.25, 0.3) is 17.1 Å². The third-order valence-corrected chi connectivity index (χ3v) is 2.77. The van der Waals surface area contributed by atoms with Crippen LogP contribution in [0.2, 0.25) is 5.02 Å². The van der Waals surface area contributed by atoms with Crippen molar-refractivity contribution in [3.8, 4) is 17.1 Å². The van der Waals surface area contributed by atoms with Crippen LogP contribution >= 0.6 is 11.6 Å². The van der Waals surface area contributed by atoms with Crippen LogP contribution in [0.1, 0.15) is 0 Å². The van der Waals surface area contributed by atoms with Crippen molar-refractivity contribution >= 4 is 11.6 Å². The normalized spacial score (nSPS) is 10.5. The van der Waals surface area contributed by atoms with Crippen molar-refractivity contribution in [1.82, 2.24) is 19.7 Å². The molecule has 0 aliphatic heterocycles. The minimum Gasteiger partial charge on any atom is -0.220 e. The van der Waals surface area contributed by atoms with Crippen LogP contribution in [-0.2, 0) is 0 Å². The van der Waals surface area contributed by atoms with E-state index in [4.69, 9.17) is 11.6 Å². The van der Waals surface area contributed by atoms with E-state index in [-0.39, 0.29) is 0 Å². The van der Waals surface area contributed by atoms with E-state index in [0.717, 1.165) is 16.1 Å². The summed E-state index contributed by atoms with van der Waals surface area (Å²) in [6, 6.07) is 9.39. The van der Waals surface area contributed by atoms with Gasteiger partial charge in [-0.3, -0.25) is 0 Å². The Morgan fingerprint density at radius 2 is 1.67 bits per heavy atom. The molecular formula is C13H9ClN4. The molecule has 3 aromatic rings. The topological polar surface area (TPSA) is 43.6 Å². The fourth-order valence-electron chi connectivity index (χ4n) is 1.63. The quantitative estimate of drug-likeness (QED) is 0.708. The third kappa shape index (κ3) is 2.10. The molecule has 5 heteroatoms. The number of benzene rings is 1. The van der Waals surface area contributed by atoms with Crippen molar-refractivity contribution in [1.29, 1.82) is 0 Å². The molecule has 0 unspecified atom stereocenters. The highest BCUT2D eigenvalue weighted by Crippen LogP contribution is 2.21. The first-order chi connectivity index (χ1) is 8.83. The van der Waals surface area contributed by atoms with E-state index in [0.29, 0.717) is 5.95 Å². The highest BCUT2D eigenvalue weighted by Gasteiger charge is 2.04. The first-order valence-electron chi connectivity index (χ1n) is 5.41. The monoisotopic (exact) mass is 256 g/mol. The molecule has 18 heavy (non-hydrogen) atoms. The SMILES string of the molecule is Clc1ccc(-c2cnn(-c3ncccn3)c2)cc1. The Labute approximate surface area is 109 Å². The Balaban J connectivity index is 1.97. The van der Waals surface area contributed by atoms with Gasteiger partial charge in [0, 0.05) is 29.2 Å². The van der Waals surface area contributed by atoms with Gasteiger partial charge < -0.3 is 0 Å². The van der Waals surface area contributed by atoms with E-state index in [9.17, 15) is 0 Å². The van der Waals surface area contributed by atoms with Crippen molar-refractivity contribution in [2.24, 2.45) is 0 Å². The first-order valence-corrected chi connectivity index (χ1v) is 5.79. The number of hydrogen-bond acceptors (Lipinski definition) is 3. The Morgan fingerprint density at radius 1 is 0.944 bits per heavy atom. The highest BCUT2D eigenvalue weighted by atomic mass is 35.5. The maximum absolute atomic E-state index is 5.86. The van der Waals surface area contributed by atoms with Crippen molar-refractivity contribution in [2.75, 3.05) is 0 Å². The van der Waals surface area contributed by atoms with Crippen LogP contribution in [0.15, 0.2) is 55.1 Å². The molecular weight excluding hydrogens is 248 g/mol. The average molecular weight is 257 g/mol.